The highest BCUT2D eigenvalue weighted by molar-refractivity contribution is 7.80. The number of nitrogens with one attached hydrogen (secondary N) is 12. The highest BCUT2D eigenvalue weighted by Crippen LogP contribution is 2.15. The van der Waals surface area contributed by atoms with Crippen LogP contribution in [0.5, 0.6) is 0 Å². The number of carbonyl (C=O) groups excluding carboxylic acids is 13. The van der Waals surface area contributed by atoms with Crippen LogP contribution < -0.4 is 115 Å². The van der Waals surface area contributed by atoms with Gasteiger partial charge in [-0.15, -0.1) is 0 Å². The first-order valence-corrected chi connectivity index (χ1v) is 36.9. The molecule has 40 nitrogen and oxygen atoms in total. The zero-order valence-electron chi connectivity index (χ0n) is 62.2. The van der Waals surface area contributed by atoms with Crippen molar-refractivity contribution < 1.29 is 72.2 Å². The lowest BCUT2D eigenvalue weighted by molar-refractivity contribution is -0.142. The lowest BCUT2D eigenvalue weighted by atomic mass is 9.96. The molecule has 0 unspecified atom stereocenters. The van der Waals surface area contributed by atoms with Gasteiger partial charge in [0.25, 0.3) is 0 Å². The van der Waals surface area contributed by atoms with E-state index >= 15 is 0 Å². The molecule has 0 saturated heterocycles. The zero-order chi connectivity index (χ0) is 82.4. The van der Waals surface area contributed by atoms with E-state index in [1.807, 2.05) is 0 Å². The number of aliphatic imine (C=N–C) groups is 4. The Morgan fingerprint density at radius 2 is 0.755 bits per heavy atom. The molecule has 0 saturated carbocycles. The standard InChI is InChI=1S/C68H111N25O15S2/c1-5-37(3)53(92-57(101)43(23-15-27-80-67(74)75)85-51(96)33-82-50(95)32-83-56(100)45(29-39-17-9-7-10-18-39)87-61(105)48(35-109)90-55(99)42(69)22-14-26-79-66(72)73)63(107)89-47(31-52(97)98)60(104)86-44(24-16-28-81-68(76)77)58(102)93-54(38(4)6-2)64(108)91-49(36-110)62(106)88-46(30-40-19-11-8-12-20-40)59(103)84-41(34-94)21-13-25-78-65(70)71/h7-12,17-20,34,37-38,41-49,53-54,109-110H,5-6,13-16,21-33,35-36,69H2,1-4H3,(H,82,95)(H,83,100)(H,84,103)(H,85,96)(H,86,104)(H,87,105)(H,88,106)(H,89,107)(H,90,99)(H,91,108)(H,92,101)(H,93,102)(H,97,98)(H4,70,71,78)(H4,72,73,79)(H4,74,75,80)(H4,76,77,81)/t37-,38-,41-,42-,43-,44-,45-,46-,47-,48-,49-,53-,54-/m0/s1. The van der Waals surface area contributed by atoms with E-state index in [2.05, 4.69) is 109 Å². The number of amides is 12. The SMILES string of the molecule is CC[C@H](C)[C@H](NC(=O)[C@H](CCCN=C(N)N)NC(=O)CNC(=O)CNC(=O)[C@H](Cc1ccccc1)NC(=O)[C@H](CS)NC(=O)[C@@H](N)CCCN=C(N)N)C(=O)N[C@@H](CC(=O)O)C(=O)N[C@@H](CCCN=C(N)N)C(=O)N[C@H](C(=O)N[C@@H](CS)C(=O)N[C@@H](Cc1ccccc1)C(=O)N[C@H](C=O)CCCN=C(N)N)[C@@H](C)CC. The molecular formula is C68H111N25O15S2. The maximum atomic E-state index is 14.5. The largest absolute Gasteiger partial charge is 0.481 e. The number of carboxylic acids is 1. The molecule has 0 fully saturated rings. The number of hydrogen-bond donors (Lipinski definition) is 24. The molecule has 110 heavy (non-hydrogen) atoms. The highest BCUT2D eigenvalue weighted by atomic mass is 32.1. The number of benzene rings is 2. The minimum Gasteiger partial charge on any atom is -0.481 e. The number of hydrogen-bond acceptors (Lipinski definition) is 21. The molecule has 12 amide bonds. The molecule has 0 aliphatic rings. The molecule has 2 rings (SSSR count). The Kier molecular flexibility index (Phi) is 45.0. The number of carbonyl (C=O) groups is 14. The van der Waals surface area contributed by atoms with Crippen LogP contribution in [0.4, 0.5) is 0 Å². The molecule has 0 aromatic heterocycles. The molecule has 0 bridgehead atoms. The summed E-state index contributed by atoms with van der Waals surface area (Å²) in [5.41, 5.74) is 50.9. The van der Waals surface area contributed by atoms with Crippen molar-refractivity contribution >= 4 is 132 Å². The smallest absolute Gasteiger partial charge is 0.305 e. The monoisotopic (exact) mass is 1580 g/mol. The Morgan fingerprint density at radius 3 is 1.16 bits per heavy atom. The van der Waals surface area contributed by atoms with Gasteiger partial charge in [0.15, 0.2) is 23.8 Å². The Hall–Kier alpha value is -11.0. The molecule has 2 aromatic rings. The fourth-order valence-electron chi connectivity index (χ4n) is 10.4. The van der Waals surface area contributed by atoms with E-state index in [9.17, 15) is 72.2 Å². The van der Waals surface area contributed by atoms with Gasteiger partial charge in [-0.3, -0.25) is 82.3 Å². The minimum atomic E-state index is -1.96. The van der Waals surface area contributed by atoms with E-state index in [1.165, 1.54) is 0 Å². The number of aldehydes is 1. The Labute approximate surface area is 649 Å². The van der Waals surface area contributed by atoms with Crippen LogP contribution in [0.15, 0.2) is 80.6 Å². The van der Waals surface area contributed by atoms with Gasteiger partial charge in [-0.05, 0) is 74.3 Å². The number of thiol groups is 2. The molecule has 0 spiro atoms. The van der Waals surface area contributed by atoms with Gasteiger partial charge in [-0.25, -0.2) is 0 Å². The van der Waals surface area contributed by atoms with Crippen LogP contribution in [0.25, 0.3) is 0 Å². The normalized spacial score (nSPS) is 14.4. The Bertz CT molecular complexity index is 3470. The van der Waals surface area contributed by atoms with Crippen molar-refractivity contribution in [2.24, 2.45) is 83.4 Å². The molecule has 610 valence electrons. The van der Waals surface area contributed by atoms with Crippen LogP contribution in [0, 0.1) is 11.8 Å². The third-order valence-corrected chi connectivity index (χ3v) is 17.6. The number of nitrogens with two attached hydrogens (primary N) is 9. The van der Waals surface area contributed by atoms with Gasteiger partial charge in [0.2, 0.25) is 70.9 Å². The van der Waals surface area contributed by atoms with Gasteiger partial charge >= 0.3 is 5.97 Å². The summed E-state index contributed by atoms with van der Waals surface area (Å²) in [4.78, 5) is 207. The average molecular weight is 1580 g/mol. The maximum absolute atomic E-state index is 14.5. The number of carboxylic acid groups (broad SMARTS) is 1. The summed E-state index contributed by atoms with van der Waals surface area (Å²) in [6, 6.07) is 1.74. The van der Waals surface area contributed by atoms with E-state index < -0.39 is 175 Å². The van der Waals surface area contributed by atoms with Gasteiger partial charge in [-0.2, -0.15) is 25.3 Å². The second-order valence-electron chi connectivity index (χ2n) is 25.7. The summed E-state index contributed by atoms with van der Waals surface area (Å²) in [5, 5.41) is 40.4. The average Bonchev–Trinajstić information content (AvgIpc) is 0.851. The molecule has 0 aliphatic heterocycles. The van der Waals surface area contributed by atoms with E-state index in [4.69, 9.17) is 51.6 Å². The topological polar surface area (TPSA) is 687 Å². The van der Waals surface area contributed by atoms with Gasteiger partial charge in [0, 0.05) is 50.5 Å². The van der Waals surface area contributed by atoms with E-state index in [0.717, 1.165) is 0 Å². The maximum Gasteiger partial charge on any atom is 0.305 e. The van der Waals surface area contributed by atoms with Crippen molar-refractivity contribution in [1.29, 1.82) is 0 Å². The summed E-state index contributed by atoms with van der Waals surface area (Å²) in [7, 11) is 0. The van der Waals surface area contributed by atoms with Gasteiger partial charge < -0.3 is 125 Å². The number of nitrogens with zero attached hydrogens (tertiary/aromatic N) is 4. The summed E-state index contributed by atoms with van der Waals surface area (Å²) < 4.78 is 0. The van der Waals surface area contributed by atoms with Gasteiger partial charge in [0.1, 0.15) is 60.7 Å². The zero-order valence-corrected chi connectivity index (χ0v) is 64.0. The summed E-state index contributed by atoms with van der Waals surface area (Å²) in [6.07, 6.45) is 0.379. The number of rotatable bonds is 53. The predicted octanol–water partition coefficient (Wildman–Crippen LogP) is -7.28. The van der Waals surface area contributed by atoms with Crippen LogP contribution in [0.3, 0.4) is 0 Å². The van der Waals surface area contributed by atoms with Crippen molar-refractivity contribution in [3.8, 4) is 0 Å². The summed E-state index contributed by atoms with van der Waals surface area (Å²) in [5.74, 6) is -15.4. The highest BCUT2D eigenvalue weighted by Gasteiger charge is 2.38. The van der Waals surface area contributed by atoms with Crippen LogP contribution >= 0.6 is 25.3 Å². The molecule has 13 atom stereocenters. The molecule has 0 heterocycles. The molecular weight excluding hydrogens is 1470 g/mol. The Balaban J connectivity index is 2.39. The van der Waals surface area contributed by atoms with Crippen molar-refractivity contribution in [3.05, 3.63) is 71.8 Å². The van der Waals surface area contributed by atoms with Crippen molar-refractivity contribution in [2.45, 2.75) is 178 Å². The fraction of sp³-hybridized carbons (Fsp3) is 0.559. The molecule has 0 aliphatic carbocycles. The third-order valence-electron chi connectivity index (χ3n) is 16.9. The number of guanidine groups is 4. The van der Waals surface area contributed by atoms with E-state index in [-0.39, 0.29) is 126 Å². The fourth-order valence-corrected chi connectivity index (χ4v) is 10.9. The second-order valence-corrected chi connectivity index (χ2v) is 26.5. The first-order chi connectivity index (χ1) is 52.2. The lowest BCUT2D eigenvalue weighted by Crippen LogP contribution is -2.62. The van der Waals surface area contributed by atoms with E-state index in [0.29, 0.717) is 30.3 Å². The molecule has 31 N–H and O–H groups in total. The van der Waals surface area contributed by atoms with Gasteiger partial charge in [0.05, 0.1) is 31.6 Å². The quantitative estimate of drug-likeness (QED) is 0.00962. The predicted molar refractivity (Wildman–Crippen MR) is 418 cm³/mol. The molecule has 2 aromatic carbocycles. The summed E-state index contributed by atoms with van der Waals surface area (Å²) >= 11 is 8.53. The Morgan fingerprint density at radius 1 is 0.409 bits per heavy atom. The van der Waals surface area contributed by atoms with E-state index in [1.54, 1.807) is 88.4 Å². The summed E-state index contributed by atoms with van der Waals surface area (Å²) in [6.45, 7) is 5.27. The van der Waals surface area contributed by atoms with Gasteiger partial charge in [-0.1, -0.05) is 101 Å². The second kappa shape index (κ2) is 52.1. The minimum absolute atomic E-state index is 0.00119. The molecule has 42 heteroatoms. The van der Waals surface area contributed by atoms with Crippen LogP contribution in [0.1, 0.15) is 109 Å². The van der Waals surface area contributed by atoms with Crippen molar-refractivity contribution in [3.63, 3.8) is 0 Å². The van der Waals surface area contributed by atoms with Crippen LogP contribution in [-0.4, -0.2) is 229 Å². The molecule has 0 radical (unpaired) electrons. The lowest BCUT2D eigenvalue weighted by Gasteiger charge is -2.30. The van der Waals surface area contributed by atoms with Crippen molar-refractivity contribution in [2.75, 3.05) is 50.8 Å². The van der Waals surface area contributed by atoms with Crippen LogP contribution in [0.2, 0.25) is 0 Å². The third kappa shape index (κ3) is 38.2. The first-order valence-electron chi connectivity index (χ1n) is 35.7. The van der Waals surface area contributed by atoms with Crippen LogP contribution in [-0.2, 0) is 80.0 Å². The number of aliphatic carboxylic acids is 1. The van der Waals surface area contributed by atoms with Crippen molar-refractivity contribution in [1.82, 2.24) is 63.8 Å². The first kappa shape index (κ1) is 95.0.